The van der Waals surface area contributed by atoms with Gasteiger partial charge in [0, 0.05) is 34.6 Å². The summed E-state index contributed by atoms with van der Waals surface area (Å²) in [5, 5.41) is 5.42. The number of carbonyl (C=O) groups is 4. The number of ketones is 1. The standard InChI is InChI=1S/C34H29BrFN5O6/c1-2-28(42)23-10-11-25(36)30(24-15-27(24)39-34(45)40-29-12-7-20(35)16-38-29)31(23)46-32(43)18-5-3-17(4-6-18)22-9-8-21-13-19(22)14-26(37)33(44)47-41-21/h3-13,16,24,26-27,41H,2,14-15,37H2,1H3,(H2,38,39,40,45)/t24-,26+,27+/m1/s1. The van der Waals surface area contributed by atoms with Crippen molar-refractivity contribution < 1.29 is 33.1 Å². The number of nitrogens with two attached hydrogens (primary N) is 1. The lowest BCUT2D eigenvalue weighted by Gasteiger charge is -2.20. The molecule has 5 N–H and O–H groups in total. The number of Topliss-reactive ketones (excluding diaryl/α,β-unsaturated/α-hetero) is 1. The SMILES string of the molecule is CCC(=O)c1ccc(F)c([C@@H]2C[C@@H]2NC(=O)Nc2ccc(Br)cn2)c1OC(=O)c1ccc(-c2ccc3cc2C[C@H](N)C(=O)ON3)cc1. The van der Waals surface area contributed by atoms with Gasteiger partial charge in [-0.25, -0.2) is 29.2 Å². The Hall–Kier alpha value is -5.14. The Balaban J connectivity index is 1.22. The first-order chi connectivity index (χ1) is 22.6. The Bertz CT molecular complexity index is 1890. The van der Waals surface area contributed by atoms with E-state index in [-0.39, 0.29) is 41.1 Å². The van der Waals surface area contributed by atoms with Crippen LogP contribution in [0.3, 0.4) is 0 Å². The van der Waals surface area contributed by atoms with Crippen LogP contribution in [0, 0.1) is 5.82 Å². The van der Waals surface area contributed by atoms with Gasteiger partial charge in [0.1, 0.15) is 23.4 Å². The first-order valence-corrected chi connectivity index (χ1v) is 15.6. The molecule has 1 aromatic heterocycles. The van der Waals surface area contributed by atoms with Crippen LogP contribution in [-0.4, -0.2) is 40.8 Å². The zero-order valence-corrected chi connectivity index (χ0v) is 26.6. The molecule has 13 heteroatoms. The van der Waals surface area contributed by atoms with E-state index in [1.54, 1.807) is 49.4 Å². The molecular weight excluding hydrogens is 673 g/mol. The first-order valence-electron chi connectivity index (χ1n) is 14.8. The number of ether oxygens (including phenoxy) is 1. The molecular formula is C34H29BrFN5O6. The second-order valence-corrected chi connectivity index (χ2v) is 12.1. The number of pyridine rings is 1. The maximum atomic E-state index is 15.4. The molecule has 1 fully saturated rings. The topological polar surface area (TPSA) is 162 Å². The Morgan fingerprint density at radius 2 is 1.89 bits per heavy atom. The fourth-order valence-corrected chi connectivity index (χ4v) is 5.67. The number of aromatic nitrogens is 1. The quantitative estimate of drug-likeness (QED) is 0.0997. The number of hydrogen-bond acceptors (Lipinski definition) is 9. The van der Waals surface area contributed by atoms with Gasteiger partial charge in [0.25, 0.3) is 0 Å². The summed E-state index contributed by atoms with van der Waals surface area (Å²) in [4.78, 5) is 60.0. The molecule has 0 saturated heterocycles. The van der Waals surface area contributed by atoms with E-state index in [1.165, 1.54) is 18.3 Å². The van der Waals surface area contributed by atoms with Crippen molar-refractivity contribution in [1.29, 1.82) is 0 Å². The van der Waals surface area contributed by atoms with Gasteiger partial charge in [-0.2, -0.15) is 0 Å². The molecule has 3 atom stereocenters. The van der Waals surface area contributed by atoms with Crippen LogP contribution >= 0.6 is 15.9 Å². The van der Waals surface area contributed by atoms with E-state index < -0.39 is 41.8 Å². The molecule has 240 valence electrons. The summed E-state index contributed by atoms with van der Waals surface area (Å²) in [6.07, 6.45) is 2.28. The highest BCUT2D eigenvalue weighted by molar-refractivity contribution is 9.10. The van der Waals surface area contributed by atoms with Crippen molar-refractivity contribution in [2.24, 2.45) is 5.73 Å². The lowest BCUT2D eigenvalue weighted by Crippen LogP contribution is -2.36. The number of benzene rings is 3. The van der Waals surface area contributed by atoms with E-state index in [1.807, 2.05) is 12.1 Å². The average Bonchev–Trinajstić information content (AvgIpc) is 3.82. The number of amides is 2. The number of anilines is 2. The molecule has 1 saturated carbocycles. The van der Waals surface area contributed by atoms with Crippen molar-refractivity contribution in [2.75, 3.05) is 10.8 Å². The van der Waals surface area contributed by atoms with Crippen LogP contribution in [0.2, 0.25) is 0 Å². The molecule has 2 heterocycles. The molecule has 1 aliphatic heterocycles. The second-order valence-electron chi connectivity index (χ2n) is 11.2. The lowest BCUT2D eigenvalue weighted by atomic mass is 9.94. The molecule has 47 heavy (non-hydrogen) atoms. The fraction of sp³-hybridized carbons (Fsp3) is 0.206. The van der Waals surface area contributed by atoms with E-state index in [2.05, 4.69) is 37.0 Å². The van der Waals surface area contributed by atoms with E-state index in [4.69, 9.17) is 15.3 Å². The average molecular weight is 703 g/mol. The Labute approximate surface area is 277 Å². The van der Waals surface area contributed by atoms with Crippen molar-refractivity contribution in [3.05, 3.63) is 105 Å². The zero-order valence-electron chi connectivity index (χ0n) is 25.0. The fourth-order valence-electron chi connectivity index (χ4n) is 5.44. The molecule has 0 unspecified atom stereocenters. The van der Waals surface area contributed by atoms with Crippen LogP contribution in [0.15, 0.2) is 77.4 Å². The second kappa shape index (κ2) is 13.3. The van der Waals surface area contributed by atoms with Gasteiger partial charge in [-0.3, -0.25) is 10.1 Å². The van der Waals surface area contributed by atoms with Gasteiger partial charge in [-0.05, 0) is 94.0 Å². The molecule has 2 amide bonds. The number of carbonyl (C=O) groups excluding carboxylic acids is 4. The van der Waals surface area contributed by atoms with Gasteiger partial charge in [0.05, 0.1) is 16.8 Å². The summed E-state index contributed by atoms with van der Waals surface area (Å²) in [5.41, 5.74) is 11.9. The normalized spacial score (nSPS) is 18.1. The molecule has 3 aromatic carbocycles. The summed E-state index contributed by atoms with van der Waals surface area (Å²) in [5.74, 6) is -2.69. The number of nitrogens with one attached hydrogen (secondary N) is 3. The molecule has 2 bridgehead atoms. The van der Waals surface area contributed by atoms with Crippen molar-refractivity contribution in [1.82, 2.24) is 10.3 Å². The van der Waals surface area contributed by atoms with Gasteiger partial charge in [0.2, 0.25) is 0 Å². The van der Waals surface area contributed by atoms with Gasteiger partial charge in [0.15, 0.2) is 5.78 Å². The van der Waals surface area contributed by atoms with Crippen LogP contribution in [-0.2, 0) is 16.1 Å². The van der Waals surface area contributed by atoms with E-state index >= 15 is 4.39 Å². The summed E-state index contributed by atoms with van der Waals surface area (Å²) >= 11 is 3.29. The molecule has 4 aromatic rings. The third kappa shape index (κ3) is 7.00. The molecule has 1 aliphatic carbocycles. The van der Waals surface area contributed by atoms with Gasteiger partial charge >= 0.3 is 18.0 Å². The number of urea groups is 1. The Kier molecular flexibility index (Phi) is 9.01. The van der Waals surface area contributed by atoms with E-state index in [0.717, 1.165) is 21.2 Å². The minimum absolute atomic E-state index is 0.0518. The number of nitrogens with zero attached hydrogens (tertiary/aromatic N) is 1. The minimum atomic E-state index is -0.856. The largest absolute Gasteiger partial charge is 0.422 e. The number of fused-ring (bicyclic) bond motifs is 2. The van der Waals surface area contributed by atoms with Crippen molar-refractivity contribution in [2.45, 2.75) is 44.2 Å². The van der Waals surface area contributed by atoms with E-state index in [0.29, 0.717) is 17.9 Å². The van der Waals surface area contributed by atoms with Crippen LogP contribution in [0.4, 0.5) is 20.7 Å². The predicted octanol–water partition coefficient (Wildman–Crippen LogP) is 5.89. The van der Waals surface area contributed by atoms with Gasteiger partial charge in [-0.1, -0.05) is 25.1 Å². The number of hydrogen-bond donors (Lipinski definition) is 4. The van der Waals surface area contributed by atoms with Crippen molar-refractivity contribution in [3.63, 3.8) is 0 Å². The first kappa shape index (κ1) is 31.8. The highest BCUT2D eigenvalue weighted by atomic mass is 79.9. The maximum absolute atomic E-state index is 15.4. The molecule has 0 radical (unpaired) electrons. The Morgan fingerprint density at radius 3 is 2.62 bits per heavy atom. The van der Waals surface area contributed by atoms with Gasteiger partial charge in [-0.15, -0.1) is 0 Å². The molecule has 6 rings (SSSR count). The molecule has 11 nitrogen and oxygen atoms in total. The summed E-state index contributed by atoms with van der Waals surface area (Å²) in [6, 6.07) is 16.0. The maximum Gasteiger partial charge on any atom is 0.348 e. The zero-order chi connectivity index (χ0) is 33.2. The van der Waals surface area contributed by atoms with Crippen LogP contribution in [0.25, 0.3) is 11.1 Å². The number of esters is 1. The summed E-state index contributed by atoms with van der Waals surface area (Å²) < 4.78 is 21.9. The third-order valence-electron chi connectivity index (χ3n) is 7.95. The monoisotopic (exact) mass is 701 g/mol. The van der Waals surface area contributed by atoms with Gasteiger partial charge < -0.3 is 20.6 Å². The van der Waals surface area contributed by atoms with Crippen molar-refractivity contribution >= 4 is 51.2 Å². The third-order valence-corrected chi connectivity index (χ3v) is 8.42. The van der Waals surface area contributed by atoms with E-state index in [9.17, 15) is 19.2 Å². The molecule has 0 spiro atoms. The minimum Gasteiger partial charge on any atom is -0.422 e. The lowest BCUT2D eigenvalue weighted by molar-refractivity contribution is -0.142. The highest BCUT2D eigenvalue weighted by Gasteiger charge is 2.44. The summed E-state index contributed by atoms with van der Waals surface area (Å²) in [7, 11) is 0. The number of rotatable bonds is 8. The summed E-state index contributed by atoms with van der Waals surface area (Å²) in [6.45, 7) is 1.66. The smallest absolute Gasteiger partial charge is 0.348 e. The Morgan fingerprint density at radius 1 is 1.11 bits per heavy atom. The van der Waals surface area contributed by atoms with Crippen LogP contribution in [0.1, 0.15) is 57.5 Å². The molecule has 2 aliphatic rings. The van der Waals surface area contributed by atoms with Crippen LogP contribution < -0.4 is 26.6 Å². The van der Waals surface area contributed by atoms with Crippen molar-refractivity contribution in [3.8, 4) is 16.9 Å². The predicted molar refractivity (Wildman–Crippen MR) is 174 cm³/mol. The number of halogens is 2. The van der Waals surface area contributed by atoms with Crippen LogP contribution in [0.5, 0.6) is 5.75 Å². The highest BCUT2D eigenvalue weighted by Crippen LogP contribution is 2.47.